The van der Waals surface area contributed by atoms with Crippen LogP contribution >= 0.6 is 15.9 Å². The number of ether oxygens (including phenoxy) is 2. The monoisotopic (exact) mass is 405 g/mol. The van der Waals surface area contributed by atoms with E-state index in [2.05, 4.69) is 21.2 Å². The normalized spacial score (nSPS) is 10.2. The molecule has 2 aromatic carbocycles. The number of benzene rings is 2. The highest BCUT2D eigenvalue weighted by molar-refractivity contribution is 9.10. The average Bonchev–Trinajstić information content (AvgIpc) is 2.61. The molecule has 0 saturated carbocycles. The smallest absolute Gasteiger partial charge is 0.338 e. The number of anilines is 1. The van der Waals surface area contributed by atoms with E-state index in [1.165, 1.54) is 0 Å². The van der Waals surface area contributed by atoms with E-state index in [0.717, 1.165) is 16.5 Å². The minimum atomic E-state index is -0.383. The summed E-state index contributed by atoms with van der Waals surface area (Å²) in [4.78, 5) is 23.6. The van der Waals surface area contributed by atoms with Gasteiger partial charge in [0.1, 0.15) is 5.75 Å². The van der Waals surface area contributed by atoms with Crippen LogP contribution in [0.5, 0.6) is 5.75 Å². The van der Waals surface area contributed by atoms with Gasteiger partial charge in [-0.1, -0.05) is 22.9 Å². The summed E-state index contributed by atoms with van der Waals surface area (Å²) in [5.74, 6) is 0.0402. The van der Waals surface area contributed by atoms with Crippen LogP contribution in [-0.4, -0.2) is 25.1 Å². The van der Waals surface area contributed by atoms with Crippen LogP contribution in [0.2, 0.25) is 0 Å². The van der Waals surface area contributed by atoms with E-state index < -0.39 is 0 Å². The van der Waals surface area contributed by atoms with E-state index in [4.69, 9.17) is 9.47 Å². The van der Waals surface area contributed by atoms with Crippen molar-refractivity contribution in [2.24, 2.45) is 0 Å². The molecule has 0 aromatic heterocycles. The van der Waals surface area contributed by atoms with Crippen LogP contribution in [0, 0.1) is 0 Å². The molecule has 25 heavy (non-hydrogen) atoms. The Morgan fingerprint density at radius 1 is 1.08 bits per heavy atom. The molecule has 0 aliphatic rings. The first-order chi connectivity index (χ1) is 12.0. The molecule has 0 unspecified atom stereocenters. The van der Waals surface area contributed by atoms with Crippen molar-refractivity contribution in [3.63, 3.8) is 0 Å². The van der Waals surface area contributed by atoms with Gasteiger partial charge >= 0.3 is 5.97 Å². The van der Waals surface area contributed by atoms with E-state index in [-0.39, 0.29) is 18.5 Å². The summed E-state index contributed by atoms with van der Waals surface area (Å²) in [5.41, 5.74) is 2.06. The van der Waals surface area contributed by atoms with Crippen LogP contribution in [0.1, 0.15) is 29.8 Å². The van der Waals surface area contributed by atoms with Crippen LogP contribution in [0.4, 0.5) is 5.69 Å². The summed E-state index contributed by atoms with van der Waals surface area (Å²) < 4.78 is 11.5. The Morgan fingerprint density at radius 2 is 1.80 bits per heavy atom. The van der Waals surface area contributed by atoms with Gasteiger partial charge in [-0.2, -0.15) is 0 Å². The Balaban J connectivity index is 1.91. The lowest BCUT2D eigenvalue weighted by Crippen LogP contribution is -2.20. The van der Waals surface area contributed by atoms with Gasteiger partial charge < -0.3 is 14.8 Å². The summed E-state index contributed by atoms with van der Waals surface area (Å²) in [6.45, 7) is 4.01. The number of rotatable bonds is 7. The number of hydrogen-bond acceptors (Lipinski definition) is 4. The number of halogens is 1. The van der Waals surface area contributed by atoms with Gasteiger partial charge in [-0.3, -0.25) is 4.79 Å². The highest BCUT2D eigenvalue weighted by atomic mass is 79.9. The number of hydrogen-bond donors (Lipinski definition) is 1. The molecule has 0 atom stereocenters. The second kappa shape index (κ2) is 9.22. The molecule has 132 valence electrons. The largest absolute Gasteiger partial charge is 0.483 e. The van der Waals surface area contributed by atoms with E-state index in [1.54, 1.807) is 31.2 Å². The lowest BCUT2D eigenvalue weighted by Gasteiger charge is -2.11. The molecule has 0 bridgehead atoms. The molecule has 0 saturated heterocycles. The van der Waals surface area contributed by atoms with Crippen molar-refractivity contribution < 1.29 is 19.1 Å². The van der Waals surface area contributed by atoms with Gasteiger partial charge in [0.25, 0.3) is 5.91 Å². The molecule has 0 spiro atoms. The van der Waals surface area contributed by atoms with Crippen molar-refractivity contribution in [1.82, 2.24) is 0 Å². The quantitative estimate of drug-likeness (QED) is 0.700. The summed E-state index contributed by atoms with van der Waals surface area (Å²) in [6, 6.07) is 12.2. The Hall–Kier alpha value is -2.34. The van der Waals surface area contributed by atoms with Gasteiger partial charge in [0.2, 0.25) is 0 Å². The standard InChI is InChI=1S/C19H20BrNO4/c1-3-13-11-15(20)7-10-17(13)25-12-18(22)21-16-8-5-14(6-9-16)19(23)24-4-2/h5-11H,3-4,12H2,1-2H3,(H,21,22). The topological polar surface area (TPSA) is 64.6 Å². The van der Waals surface area contributed by atoms with Crippen LogP contribution in [0.3, 0.4) is 0 Å². The first-order valence-electron chi connectivity index (χ1n) is 8.01. The lowest BCUT2D eigenvalue weighted by atomic mass is 10.1. The van der Waals surface area contributed by atoms with E-state index in [0.29, 0.717) is 23.6 Å². The summed E-state index contributed by atoms with van der Waals surface area (Å²) in [7, 11) is 0. The Bertz CT molecular complexity index is 744. The second-order valence-corrected chi connectivity index (χ2v) is 6.16. The van der Waals surface area contributed by atoms with E-state index in [9.17, 15) is 9.59 Å². The Labute approximate surface area is 155 Å². The fourth-order valence-corrected chi connectivity index (χ4v) is 2.62. The van der Waals surface area contributed by atoms with Gasteiger partial charge in [-0.25, -0.2) is 4.79 Å². The van der Waals surface area contributed by atoms with Crippen molar-refractivity contribution in [1.29, 1.82) is 0 Å². The molecule has 0 fully saturated rings. The number of amides is 1. The third kappa shape index (κ3) is 5.60. The summed E-state index contributed by atoms with van der Waals surface area (Å²) >= 11 is 3.42. The van der Waals surface area contributed by atoms with Gasteiger partial charge in [0.15, 0.2) is 6.61 Å². The maximum absolute atomic E-state index is 12.0. The van der Waals surface area contributed by atoms with Gasteiger partial charge in [0.05, 0.1) is 12.2 Å². The molecule has 1 N–H and O–H groups in total. The van der Waals surface area contributed by atoms with Gasteiger partial charge in [-0.05, 0) is 61.4 Å². The van der Waals surface area contributed by atoms with Gasteiger partial charge in [0, 0.05) is 10.2 Å². The molecule has 2 rings (SSSR count). The molecule has 0 aliphatic heterocycles. The molecule has 2 aromatic rings. The van der Waals surface area contributed by atoms with Crippen molar-refractivity contribution in [2.75, 3.05) is 18.5 Å². The predicted molar refractivity (Wildman–Crippen MR) is 100 cm³/mol. The summed E-state index contributed by atoms with van der Waals surface area (Å²) in [6.07, 6.45) is 0.811. The first-order valence-corrected chi connectivity index (χ1v) is 8.81. The highest BCUT2D eigenvalue weighted by Crippen LogP contribution is 2.23. The minimum absolute atomic E-state index is 0.0890. The van der Waals surface area contributed by atoms with Crippen molar-refractivity contribution >= 4 is 33.5 Å². The van der Waals surface area contributed by atoms with Crippen LogP contribution in [0.25, 0.3) is 0 Å². The van der Waals surface area contributed by atoms with Crippen molar-refractivity contribution in [3.05, 3.63) is 58.1 Å². The third-order valence-corrected chi connectivity index (χ3v) is 3.94. The predicted octanol–water partition coefficient (Wildman–Crippen LogP) is 4.21. The van der Waals surface area contributed by atoms with Crippen LogP contribution in [0.15, 0.2) is 46.9 Å². The van der Waals surface area contributed by atoms with Crippen molar-refractivity contribution in [3.8, 4) is 5.75 Å². The number of carbonyl (C=O) groups is 2. The zero-order valence-corrected chi connectivity index (χ0v) is 15.8. The lowest BCUT2D eigenvalue weighted by molar-refractivity contribution is -0.118. The molecular formula is C19H20BrNO4. The molecule has 0 radical (unpaired) electrons. The van der Waals surface area contributed by atoms with E-state index >= 15 is 0 Å². The third-order valence-electron chi connectivity index (χ3n) is 3.44. The number of nitrogens with one attached hydrogen (secondary N) is 1. The molecular weight excluding hydrogens is 386 g/mol. The fourth-order valence-electron chi connectivity index (χ4n) is 2.21. The molecule has 6 heteroatoms. The number of carbonyl (C=O) groups excluding carboxylic acids is 2. The molecule has 1 amide bonds. The maximum atomic E-state index is 12.0. The molecule has 0 aliphatic carbocycles. The van der Waals surface area contributed by atoms with Gasteiger partial charge in [-0.15, -0.1) is 0 Å². The Morgan fingerprint density at radius 3 is 2.44 bits per heavy atom. The fraction of sp³-hybridized carbons (Fsp3) is 0.263. The van der Waals surface area contributed by atoms with Crippen LogP contribution in [-0.2, 0) is 16.0 Å². The van der Waals surface area contributed by atoms with Crippen molar-refractivity contribution in [2.45, 2.75) is 20.3 Å². The minimum Gasteiger partial charge on any atom is -0.483 e. The number of esters is 1. The first kappa shape index (κ1) is 19.0. The zero-order valence-electron chi connectivity index (χ0n) is 14.2. The SMILES string of the molecule is CCOC(=O)c1ccc(NC(=O)COc2ccc(Br)cc2CC)cc1. The van der Waals surface area contributed by atoms with Crippen LogP contribution < -0.4 is 10.1 Å². The van der Waals surface area contributed by atoms with E-state index in [1.807, 2.05) is 25.1 Å². The second-order valence-electron chi connectivity index (χ2n) is 5.24. The average molecular weight is 406 g/mol. The molecule has 0 heterocycles. The maximum Gasteiger partial charge on any atom is 0.338 e. The zero-order chi connectivity index (χ0) is 18.2. The highest BCUT2D eigenvalue weighted by Gasteiger charge is 2.09. The Kier molecular flexibility index (Phi) is 7.01. The summed E-state index contributed by atoms with van der Waals surface area (Å²) in [5, 5.41) is 2.73. The number of aryl methyl sites for hydroxylation is 1. The molecule has 5 nitrogen and oxygen atoms in total.